The minimum absolute atomic E-state index is 0.321. The highest BCUT2D eigenvalue weighted by Crippen LogP contribution is 2.42. The van der Waals surface area contributed by atoms with E-state index in [0.717, 1.165) is 11.5 Å². The molecule has 3 heteroatoms. The smallest absolute Gasteiger partial charge is 0.134 e. The van der Waals surface area contributed by atoms with Crippen LogP contribution in [-0.4, -0.2) is 20.0 Å². The topological polar surface area (TPSA) is 35.5 Å². The SMILES string of the molecule is COc1ccc([C@@H](CC(=O)C[C@@H](c2ccc(OC)cc2)C2CCCCC2)C2CCCCC2)cc1. The van der Waals surface area contributed by atoms with E-state index in [-0.39, 0.29) is 0 Å². The van der Waals surface area contributed by atoms with Crippen LogP contribution in [-0.2, 0) is 4.79 Å². The van der Waals surface area contributed by atoms with Gasteiger partial charge in [-0.25, -0.2) is 0 Å². The van der Waals surface area contributed by atoms with Gasteiger partial charge in [-0.15, -0.1) is 0 Å². The molecule has 2 aliphatic rings. The van der Waals surface area contributed by atoms with Gasteiger partial charge >= 0.3 is 0 Å². The zero-order valence-electron chi connectivity index (χ0n) is 21.1. The molecule has 184 valence electrons. The van der Waals surface area contributed by atoms with Crippen molar-refractivity contribution in [2.75, 3.05) is 14.2 Å². The van der Waals surface area contributed by atoms with Gasteiger partial charge in [-0.05, 0) is 84.7 Å². The minimum Gasteiger partial charge on any atom is -0.497 e. The van der Waals surface area contributed by atoms with E-state index in [0.29, 0.717) is 42.3 Å². The van der Waals surface area contributed by atoms with Crippen molar-refractivity contribution in [3.05, 3.63) is 59.7 Å². The van der Waals surface area contributed by atoms with Crippen LogP contribution < -0.4 is 9.47 Å². The summed E-state index contributed by atoms with van der Waals surface area (Å²) in [6, 6.07) is 17.0. The van der Waals surface area contributed by atoms with E-state index in [2.05, 4.69) is 48.5 Å². The average Bonchev–Trinajstić information content (AvgIpc) is 2.91. The Hall–Kier alpha value is -2.29. The number of Topliss-reactive ketones (excluding diaryl/α,β-unsaturated/α-hetero) is 1. The van der Waals surface area contributed by atoms with E-state index >= 15 is 0 Å². The molecule has 0 radical (unpaired) electrons. The highest BCUT2D eigenvalue weighted by molar-refractivity contribution is 5.80. The Labute approximate surface area is 206 Å². The molecule has 2 saturated carbocycles. The van der Waals surface area contributed by atoms with Crippen LogP contribution in [0.2, 0.25) is 0 Å². The summed E-state index contributed by atoms with van der Waals surface area (Å²) in [4.78, 5) is 13.7. The molecule has 34 heavy (non-hydrogen) atoms. The Kier molecular flexibility index (Phi) is 9.07. The molecule has 0 bridgehead atoms. The highest BCUT2D eigenvalue weighted by atomic mass is 16.5. The van der Waals surface area contributed by atoms with E-state index in [4.69, 9.17) is 9.47 Å². The predicted octanol–water partition coefficient (Wildman–Crippen LogP) is 8.08. The van der Waals surface area contributed by atoms with Crippen molar-refractivity contribution >= 4 is 5.78 Å². The van der Waals surface area contributed by atoms with Gasteiger partial charge in [-0.2, -0.15) is 0 Å². The fourth-order valence-electron chi connectivity index (χ4n) is 6.46. The van der Waals surface area contributed by atoms with Crippen LogP contribution in [0.5, 0.6) is 11.5 Å². The van der Waals surface area contributed by atoms with Crippen molar-refractivity contribution in [1.82, 2.24) is 0 Å². The zero-order chi connectivity index (χ0) is 23.8. The molecule has 0 aromatic heterocycles. The molecule has 0 heterocycles. The molecule has 2 fully saturated rings. The Morgan fingerprint density at radius 2 is 1.00 bits per heavy atom. The molecule has 0 aliphatic heterocycles. The lowest BCUT2D eigenvalue weighted by molar-refractivity contribution is -0.120. The molecule has 2 aromatic rings. The molecule has 0 amide bonds. The highest BCUT2D eigenvalue weighted by Gasteiger charge is 2.31. The molecule has 0 saturated heterocycles. The number of rotatable bonds is 10. The Bertz CT molecular complexity index is 800. The largest absolute Gasteiger partial charge is 0.497 e. The molecule has 2 atom stereocenters. The fourth-order valence-corrected chi connectivity index (χ4v) is 6.46. The Morgan fingerprint density at radius 1 is 0.647 bits per heavy atom. The van der Waals surface area contributed by atoms with Gasteiger partial charge in [0.25, 0.3) is 0 Å². The number of ketones is 1. The summed E-state index contributed by atoms with van der Waals surface area (Å²) in [6.45, 7) is 0. The molecule has 0 unspecified atom stereocenters. The standard InChI is InChI=1S/C31H42O3/c1-33-28-17-13-25(14-18-28)30(23-9-5-3-6-10-23)21-27(32)22-31(24-11-7-4-8-12-24)26-15-19-29(34-2)20-16-26/h13-20,23-24,30-31H,3-12,21-22H2,1-2H3/t30-,31+. The molecule has 2 aromatic carbocycles. The van der Waals surface area contributed by atoms with E-state index < -0.39 is 0 Å². The third-order valence-corrected chi connectivity index (χ3v) is 8.42. The lowest BCUT2D eigenvalue weighted by atomic mass is 9.71. The van der Waals surface area contributed by atoms with Gasteiger partial charge in [-0.3, -0.25) is 4.79 Å². The molecule has 3 nitrogen and oxygen atoms in total. The van der Waals surface area contributed by atoms with E-state index in [1.54, 1.807) is 14.2 Å². The maximum atomic E-state index is 13.7. The predicted molar refractivity (Wildman–Crippen MR) is 139 cm³/mol. The number of hydrogen-bond acceptors (Lipinski definition) is 3. The van der Waals surface area contributed by atoms with Crippen LogP contribution in [0.25, 0.3) is 0 Å². The molecular weight excluding hydrogens is 420 g/mol. The summed E-state index contributed by atoms with van der Waals surface area (Å²) in [5.41, 5.74) is 2.61. The summed E-state index contributed by atoms with van der Waals surface area (Å²) in [7, 11) is 3.42. The monoisotopic (exact) mass is 462 g/mol. The minimum atomic E-state index is 0.321. The number of hydrogen-bond donors (Lipinski definition) is 0. The first-order valence-electron chi connectivity index (χ1n) is 13.5. The third kappa shape index (κ3) is 6.43. The van der Waals surface area contributed by atoms with Crippen LogP contribution in [0.1, 0.15) is 100 Å². The molecule has 0 spiro atoms. The molecule has 2 aliphatic carbocycles. The molecule has 4 rings (SSSR count). The van der Waals surface area contributed by atoms with Crippen LogP contribution >= 0.6 is 0 Å². The first kappa shape index (κ1) is 24.8. The second kappa shape index (κ2) is 12.4. The second-order valence-corrected chi connectivity index (χ2v) is 10.5. The lowest BCUT2D eigenvalue weighted by Crippen LogP contribution is -2.23. The maximum Gasteiger partial charge on any atom is 0.134 e. The number of carbonyl (C=O) groups is 1. The molecule has 0 N–H and O–H groups in total. The Balaban J connectivity index is 1.52. The van der Waals surface area contributed by atoms with Crippen LogP contribution in [0.15, 0.2) is 48.5 Å². The van der Waals surface area contributed by atoms with Crippen molar-refractivity contribution in [3.63, 3.8) is 0 Å². The van der Waals surface area contributed by atoms with Crippen molar-refractivity contribution in [2.45, 2.75) is 88.9 Å². The van der Waals surface area contributed by atoms with Crippen LogP contribution in [0.3, 0.4) is 0 Å². The molecular formula is C31H42O3. The van der Waals surface area contributed by atoms with Gasteiger partial charge in [0.05, 0.1) is 14.2 Å². The summed E-state index contributed by atoms with van der Waals surface area (Å²) in [5, 5.41) is 0. The van der Waals surface area contributed by atoms with Gasteiger partial charge in [0.15, 0.2) is 0 Å². The van der Waals surface area contributed by atoms with E-state index in [1.807, 2.05) is 0 Å². The van der Waals surface area contributed by atoms with Crippen molar-refractivity contribution < 1.29 is 14.3 Å². The van der Waals surface area contributed by atoms with Crippen LogP contribution in [0, 0.1) is 11.8 Å². The second-order valence-electron chi connectivity index (χ2n) is 10.5. The van der Waals surface area contributed by atoms with Gasteiger partial charge in [0.2, 0.25) is 0 Å². The van der Waals surface area contributed by atoms with E-state index in [9.17, 15) is 4.79 Å². The quantitative estimate of drug-likeness (QED) is 0.358. The van der Waals surface area contributed by atoms with Crippen LogP contribution in [0.4, 0.5) is 0 Å². The summed E-state index contributed by atoms with van der Waals surface area (Å²) >= 11 is 0. The lowest BCUT2D eigenvalue weighted by Gasteiger charge is -2.33. The summed E-state index contributed by atoms with van der Waals surface area (Å²) < 4.78 is 10.8. The first-order chi connectivity index (χ1) is 16.7. The third-order valence-electron chi connectivity index (χ3n) is 8.42. The van der Waals surface area contributed by atoms with Gasteiger partial charge < -0.3 is 9.47 Å². The van der Waals surface area contributed by atoms with Crippen molar-refractivity contribution in [1.29, 1.82) is 0 Å². The summed E-state index contributed by atoms with van der Waals surface area (Å²) in [5.74, 6) is 4.06. The maximum absolute atomic E-state index is 13.7. The first-order valence-corrected chi connectivity index (χ1v) is 13.5. The number of carbonyl (C=O) groups excluding carboxylic acids is 1. The average molecular weight is 463 g/mol. The normalized spacial score (nSPS) is 19.4. The fraction of sp³-hybridized carbons (Fsp3) is 0.581. The zero-order valence-corrected chi connectivity index (χ0v) is 21.1. The summed E-state index contributed by atoms with van der Waals surface area (Å²) in [6.07, 6.45) is 14.1. The van der Waals surface area contributed by atoms with Gasteiger partial charge in [0.1, 0.15) is 17.3 Å². The Morgan fingerprint density at radius 3 is 1.32 bits per heavy atom. The van der Waals surface area contributed by atoms with Crippen molar-refractivity contribution in [3.8, 4) is 11.5 Å². The van der Waals surface area contributed by atoms with Gasteiger partial charge in [0, 0.05) is 12.8 Å². The number of methoxy groups -OCH3 is 2. The van der Waals surface area contributed by atoms with E-state index in [1.165, 1.54) is 75.3 Å². The number of benzene rings is 2. The van der Waals surface area contributed by atoms with Gasteiger partial charge in [-0.1, -0.05) is 62.8 Å². The van der Waals surface area contributed by atoms with Crippen molar-refractivity contribution in [2.24, 2.45) is 11.8 Å². The number of ether oxygens (including phenoxy) is 2.